The number of unbranched alkanes of at least 4 members (excludes halogenated alkanes) is 19. The topological polar surface area (TPSA) is 26.0 Å². The van der Waals surface area contributed by atoms with Gasteiger partial charge in [-0.1, -0.05) is 162 Å². The van der Waals surface area contributed by atoms with Crippen LogP contribution in [0.25, 0.3) is 0 Å². The van der Waals surface area contributed by atoms with Gasteiger partial charge >= 0.3 is 0 Å². The highest BCUT2D eigenvalue weighted by molar-refractivity contribution is 8.93. The molecule has 1 atom stereocenters. The second-order valence-electron chi connectivity index (χ2n) is 9.74. The molecule has 0 aliphatic heterocycles. The van der Waals surface area contributed by atoms with Crippen LogP contribution in [-0.4, -0.2) is 6.54 Å². The van der Waals surface area contributed by atoms with E-state index >= 15 is 0 Å². The molecule has 0 heterocycles. The lowest BCUT2D eigenvalue weighted by Gasteiger charge is -2.16. The molecule has 0 aromatic carbocycles. The lowest BCUT2D eigenvalue weighted by molar-refractivity contribution is 0.384. The first kappa shape index (κ1) is 32.6. The summed E-state index contributed by atoms with van der Waals surface area (Å²) in [5, 5.41) is 0. The zero-order valence-electron chi connectivity index (χ0n) is 21.2. The zero-order valence-corrected chi connectivity index (χ0v) is 23.0. The molecule has 2 N–H and O–H groups in total. The Bertz CT molecular complexity index is 282. The minimum absolute atomic E-state index is 0. The maximum absolute atomic E-state index is 5.87. The Balaban J connectivity index is 0. The minimum Gasteiger partial charge on any atom is -0.330 e. The molecule has 0 saturated carbocycles. The molecule has 0 aliphatic carbocycles. The molecule has 184 valence electrons. The Morgan fingerprint density at radius 1 is 0.400 bits per heavy atom. The molecule has 1 nitrogen and oxygen atoms in total. The lowest BCUT2D eigenvalue weighted by Crippen LogP contribution is -2.09. The molecule has 0 rings (SSSR count). The van der Waals surface area contributed by atoms with Crippen LogP contribution in [0, 0.1) is 5.92 Å². The number of hydrogen-bond donors (Lipinski definition) is 1. The molecule has 0 aromatic heterocycles. The van der Waals surface area contributed by atoms with Gasteiger partial charge in [0.1, 0.15) is 0 Å². The highest BCUT2D eigenvalue weighted by Crippen LogP contribution is 2.22. The van der Waals surface area contributed by atoms with E-state index in [9.17, 15) is 0 Å². The van der Waals surface area contributed by atoms with E-state index in [1.807, 2.05) is 0 Å². The van der Waals surface area contributed by atoms with Crippen LogP contribution in [0.5, 0.6) is 0 Å². The van der Waals surface area contributed by atoms with Crippen molar-refractivity contribution in [3.05, 3.63) is 0 Å². The SMILES string of the molecule is Br.CCCCCCCCCCCCCCCC(CCN)CCCCCCCCCC. The fraction of sp³-hybridized carbons (Fsp3) is 1.00. The van der Waals surface area contributed by atoms with E-state index in [0.29, 0.717) is 0 Å². The molecule has 0 saturated heterocycles. The van der Waals surface area contributed by atoms with E-state index in [1.54, 1.807) is 0 Å². The lowest BCUT2D eigenvalue weighted by atomic mass is 9.91. The number of hydrogen-bond acceptors (Lipinski definition) is 1. The van der Waals surface area contributed by atoms with Gasteiger partial charge in [0.2, 0.25) is 0 Å². The van der Waals surface area contributed by atoms with Crippen molar-refractivity contribution in [3.63, 3.8) is 0 Å². The highest BCUT2D eigenvalue weighted by Gasteiger charge is 2.07. The zero-order chi connectivity index (χ0) is 21.3. The first-order valence-corrected chi connectivity index (χ1v) is 14.0. The van der Waals surface area contributed by atoms with E-state index < -0.39 is 0 Å². The van der Waals surface area contributed by atoms with E-state index in [2.05, 4.69) is 13.8 Å². The van der Waals surface area contributed by atoms with Gasteiger partial charge in [0.05, 0.1) is 0 Å². The molecule has 0 bridgehead atoms. The summed E-state index contributed by atoms with van der Waals surface area (Å²) in [6.07, 6.45) is 34.6. The molecular weight excluding hydrogens is 430 g/mol. The number of halogens is 1. The maximum atomic E-state index is 5.87. The summed E-state index contributed by atoms with van der Waals surface area (Å²) in [4.78, 5) is 0. The molecule has 0 fully saturated rings. The molecule has 0 spiro atoms. The first-order chi connectivity index (χ1) is 14.3. The summed E-state index contributed by atoms with van der Waals surface area (Å²) in [6, 6.07) is 0. The summed E-state index contributed by atoms with van der Waals surface area (Å²) in [5.74, 6) is 0.910. The van der Waals surface area contributed by atoms with E-state index in [0.717, 1.165) is 12.5 Å². The second-order valence-corrected chi connectivity index (χ2v) is 9.74. The van der Waals surface area contributed by atoms with Crippen LogP contribution in [0.1, 0.15) is 168 Å². The molecular formula is C28H60BrN. The average Bonchev–Trinajstić information content (AvgIpc) is 2.73. The molecule has 0 radical (unpaired) electrons. The Morgan fingerprint density at radius 3 is 0.933 bits per heavy atom. The van der Waals surface area contributed by atoms with Crippen molar-refractivity contribution >= 4 is 17.0 Å². The van der Waals surface area contributed by atoms with Crippen molar-refractivity contribution in [2.45, 2.75) is 168 Å². The molecule has 30 heavy (non-hydrogen) atoms. The summed E-state index contributed by atoms with van der Waals surface area (Å²) in [6.45, 7) is 5.49. The Hall–Kier alpha value is 0.440. The third-order valence-corrected chi connectivity index (χ3v) is 6.76. The van der Waals surface area contributed by atoms with Gasteiger partial charge in [-0.3, -0.25) is 0 Å². The third-order valence-electron chi connectivity index (χ3n) is 6.76. The van der Waals surface area contributed by atoms with Gasteiger partial charge < -0.3 is 5.73 Å². The number of rotatable bonds is 25. The van der Waals surface area contributed by atoms with Crippen molar-refractivity contribution in [2.24, 2.45) is 11.7 Å². The molecule has 0 aliphatic rings. The predicted octanol–water partition coefficient (Wildman–Crippen LogP) is 10.5. The van der Waals surface area contributed by atoms with Crippen LogP contribution < -0.4 is 5.73 Å². The van der Waals surface area contributed by atoms with Crippen LogP contribution in [0.4, 0.5) is 0 Å². The van der Waals surface area contributed by atoms with Gasteiger partial charge in [-0.05, 0) is 18.9 Å². The quantitative estimate of drug-likeness (QED) is 0.127. The van der Waals surface area contributed by atoms with Crippen molar-refractivity contribution in [3.8, 4) is 0 Å². The molecule has 0 aromatic rings. The highest BCUT2D eigenvalue weighted by atomic mass is 79.9. The average molecular weight is 491 g/mol. The maximum Gasteiger partial charge on any atom is -0.00746 e. The Kier molecular flexibility index (Phi) is 32.0. The van der Waals surface area contributed by atoms with E-state index in [1.165, 1.54) is 154 Å². The second kappa shape index (κ2) is 29.4. The van der Waals surface area contributed by atoms with Crippen molar-refractivity contribution in [1.82, 2.24) is 0 Å². The van der Waals surface area contributed by atoms with Crippen molar-refractivity contribution in [2.75, 3.05) is 6.54 Å². The van der Waals surface area contributed by atoms with Gasteiger partial charge in [0.15, 0.2) is 0 Å². The van der Waals surface area contributed by atoms with Crippen LogP contribution in [0.2, 0.25) is 0 Å². The fourth-order valence-corrected chi connectivity index (χ4v) is 4.69. The largest absolute Gasteiger partial charge is 0.330 e. The summed E-state index contributed by atoms with van der Waals surface area (Å²) in [7, 11) is 0. The van der Waals surface area contributed by atoms with E-state index in [4.69, 9.17) is 5.73 Å². The van der Waals surface area contributed by atoms with Gasteiger partial charge in [0, 0.05) is 0 Å². The summed E-state index contributed by atoms with van der Waals surface area (Å²) in [5.41, 5.74) is 5.87. The van der Waals surface area contributed by atoms with Crippen LogP contribution in [0.3, 0.4) is 0 Å². The summed E-state index contributed by atoms with van der Waals surface area (Å²) >= 11 is 0. The van der Waals surface area contributed by atoms with Crippen LogP contribution in [-0.2, 0) is 0 Å². The van der Waals surface area contributed by atoms with Crippen LogP contribution >= 0.6 is 17.0 Å². The molecule has 0 amide bonds. The first-order valence-electron chi connectivity index (χ1n) is 14.0. The van der Waals surface area contributed by atoms with Crippen molar-refractivity contribution < 1.29 is 0 Å². The van der Waals surface area contributed by atoms with Gasteiger partial charge in [-0.25, -0.2) is 0 Å². The van der Waals surface area contributed by atoms with Gasteiger partial charge in [0.25, 0.3) is 0 Å². The van der Waals surface area contributed by atoms with Gasteiger partial charge in [-0.15, -0.1) is 17.0 Å². The van der Waals surface area contributed by atoms with Crippen LogP contribution in [0.15, 0.2) is 0 Å². The third kappa shape index (κ3) is 26.5. The smallest absolute Gasteiger partial charge is 0.00746 e. The molecule has 1 unspecified atom stereocenters. The minimum atomic E-state index is 0. The fourth-order valence-electron chi connectivity index (χ4n) is 4.69. The Morgan fingerprint density at radius 2 is 0.667 bits per heavy atom. The summed E-state index contributed by atoms with van der Waals surface area (Å²) < 4.78 is 0. The normalized spacial score (nSPS) is 12.1. The Labute approximate surface area is 202 Å². The standard InChI is InChI=1S/C28H59N.BrH/c1-3-5-7-9-11-13-14-15-16-17-19-21-23-25-28(26-27-29)24-22-20-18-12-10-8-6-4-2;/h28H,3-27,29H2,1-2H3;1H. The predicted molar refractivity (Wildman–Crippen MR) is 145 cm³/mol. The van der Waals surface area contributed by atoms with E-state index in [-0.39, 0.29) is 17.0 Å². The molecule has 2 heteroatoms. The monoisotopic (exact) mass is 489 g/mol. The van der Waals surface area contributed by atoms with Gasteiger partial charge in [-0.2, -0.15) is 0 Å². The number of nitrogens with two attached hydrogens (primary N) is 1. The van der Waals surface area contributed by atoms with Crippen molar-refractivity contribution in [1.29, 1.82) is 0 Å².